The van der Waals surface area contributed by atoms with Crippen LogP contribution < -0.4 is 0 Å². The van der Waals surface area contributed by atoms with Crippen LogP contribution in [-0.2, 0) is 6.42 Å². The normalized spacial score (nSPS) is 10.6. The van der Waals surface area contributed by atoms with Gasteiger partial charge in [0, 0.05) is 4.88 Å². The number of carboxylic acids is 1. The van der Waals surface area contributed by atoms with E-state index in [9.17, 15) is 4.79 Å². The topological polar surface area (TPSA) is 63.3 Å². The molecule has 0 fully saturated rings. The van der Waals surface area contributed by atoms with Crippen LogP contribution >= 0.6 is 11.3 Å². The molecule has 0 bridgehead atoms. The fourth-order valence-corrected chi connectivity index (χ4v) is 2.26. The van der Waals surface area contributed by atoms with E-state index in [1.807, 2.05) is 12.1 Å². The molecule has 2 aromatic heterocycles. The smallest absolute Gasteiger partial charge is 0.373 e. The van der Waals surface area contributed by atoms with Crippen molar-refractivity contribution < 1.29 is 14.3 Å². The summed E-state index contributed by atoms with van der Waals surface area (Å²) in [6.45, 7) is 3.70. The molecule has 5 heteroatoms. The van der Waals surface area contributed by atoms with Gasteiger partial charge >= 0.3 is 5.97 Å². The second kappa shape index (κ2) is 4.09. The molecule has 0 atom stereocenters. The summed E-state index contributed by atoms with van der Waals surface area (Å²) in [5.74, 6) is -0.774. The van der Waals surface area contributed by atoms with Crippen molar-refractivity contribution in [2.45, 2.75) is 20.3 Å². The van der Waals surface area contributed by atoms with Gasteiger partial charge in [-0.2, -0.15) is 0 Å². The third kappa shape index (κ3) is 1.86. The molecule has 0 aromatic carbocycles. The molecule has 16 heavy (non-hydrogen) atoms. The Labute approximate surface area is 96.6 Å². The Morgan fingerprint density at radius 3 is 2.81 bits per heavy atom. The Morgan fingerprint density at radius 1 is 1.56 bits per heavy atom. The van der Waals surface area contributed by atoms with Gasteiger partial charge in [0.25, 0.3) is 0 Å². The van der Waals surface area contributed by atoms with Gasteiger partial charge in [0.2, 0.25) is 11.7 Å². The molecule has 0 spiro atoms. The van der Waals surface area contributed by atoms with Crippen molar-refractivity contribution in [3.05, 3.63) is 28.5 Å². The highest BCUT2D eigenvalue weighted by Gasteiger charge is 2.17. The van der Waals surface area contributed by atoms with Gasteiger partial charge < -0.3 is 9.52 Å². The summed E-state index contributed by atoms with van der Waals surface area (Å²) in [6, 6.07) is 3.90. The zero-order valence-corrected chi connectivity index (χ0v) is 9.80. The molecule has 2 aromatic rings. The fourth-order valence-electron chi connectivity index (χ4n) is 1.38. The molecule has 84 valence electrons. The number of aromatic carboxylic acids is 1. The lowest BCUT2D eigenvalue weighted by molar-refractivity contribution is 0.0662. The standard InChI is InChI=1S/C11H11NO3S/c1-3-7-4-5-8(16-7)10-12-6(2)9(15-10)11(13)14/h4-5H,3H2,1-2H3,(H,13,14). The van der Waals surface area contributed by atoms with E-state index in [0.717, 1.165) is 11.3 Å². The van der Waals surface area contributed by atoms with Crippen molar-refractivity contribution in [3.8, 4) is 10.8 Å². The van der Waals surface area contributed by atoms with Crippen molar-refractivity contribution in [1.82, 2.24) is 4.98 Å². The van der Waals surface area contributed by atoms with E-state index in [1.165, 1.54) is 4.88 Å². The molecular weight excluding hydrogens is 226 g/mol. The third-order valence-electron chi connectivity index (χ3n) is 2.21. The average Bonchev–Trinajstić information content (AvgIpc) is 2.83. The van der Waals surface area contributed by atoms with E-state index in [2.05, 4.69) is 11.9 Å². The number of carboxylic acid groups (broad SMARTS) is 1. The van der Waals surface area contributed by atoms with Gasteiger partial charge in [-0.1, -0.05) is 6.92 Å². The molecule has 0 amide bonds. The highest BCUT2D eigenvalue weighted by atomic mass is 32.1. The van der Waals surface area contributed by atoms with E-state index >= 15 is 0 Å². The first-order valence-corrected chi connectivity index (χ1v) is 5.73. The Kier molecular flexibility index (Phi) is 2.78. The Balaban J connectivity index is 2.41. The van der Waals surface area contributed by atoms with Gasteiger partial charge in [-0.3, -0.25) is 0 Å². The Bertz CT molecular complexity index is 527. The maximum atomic E-state index is 10.8. The summed E-state index contributed by atoms with van der Waals surface area (Å²) in [4.78, 5) is 17.0. The highest BCUT2D eigenvalue weighted by Crippen LogP contribution is 2.29. The van der Waals surface area contributed by atoms with Gasteiger partial charge in [-0.15, -0.1) is 11.3 Å². The number of nitrogens with zero attached hydrogens (tertiary/aromatic N) is 1. The van der Waals surface area contributed by atoms with E-state index in [-0.39, 0.29) is 5.76 Å². The van der Waals surface area contributed by atoms with Crippen LogP contribution in [0.2, 0.25) is 0 Å². The van der Waals surface area contributed by atoms with Crippen molar-refractivity contribution in [2.24, 2.45) is 0 Å². The quantitative estimate of drug-likeness (QED) is 0.891. The minimum absolute atomic E-state index is 0.0820. The van der Waals surface area contributed by atoms with E-state index in [4.69, 9.17) is 9.52 Å². The second-order valence-electron chi connectivity index (χ2n) is 3.36. The maximum absolute atomic E-state index is 10.8. The minimum atomic E-state index is -1.08. The van der Waals surface area contributed by atoms with Gasteiger partial charge in [-0.25, -0.2) is 9.78 Å². The summed E-state index contributed by atoms with van der Waals surface area (Å²) in [5, 5.41) is 8.85. The number of aromatic nitrogens is 1. The SMILES string of the molecule is CCc1ccc(-c2nc(C)c(C(=O)O)o2)s1. The molecule has 0 unspecified atom stereocenters. The van der Waals surface area contributed by atoms with Gasteiger partial charge in [0.1, 0.15) is 0 Å². The van der Waals surface area contributed by atoms with Crippen LogP contribution in [0.3, 0.4) is 0 Å². The predicted molar refractivity (Wildman–Crippen MR) is 60.9 cm³/mol. The number of carbonyl (C=O) groups is 1. The molecule has 1 N–H and O–H groups in total. The van der Waals surface area contributed by atoms with Gasteiger partial charge in [0.15, 0.2) is 0 Å². The maximum Gasteiger partial charge on any atom is 0.373 e. The first-order valence-electron chi connectivity index (χ1n) is 4.91. The molecule has 0 radical (unpaired) electrons. The zero-order valence-electron chi connectivity index (χ0n) is 8.98. The average molecular weight is 237 g/mol. The third-order valence-corrected chi connectivity index (χ3v) is 3.43. The Morgan fingerprint density at radius 2 is 2.31 bits per heavy atom. The molecule has 0 aliphatic rings. The molecule has 2 heterocycles. The lowest BCUT2D eigenvalue weighted by Gasteiger charge is -1.87. The van der Waals surface area contributed by atoms with Crippen LogP contribution in [0.4, 0.5) is 0 Å². The number of aryl methyl sites for hydroxylation is 2. The molecular formula is C11H11NO3S. The number of hydrogen-bond donors (Lipinski definition) is 1. The number of hydrogen-bond acceptors (Lipinski definition) is 4. The summed E-state index contributed by atoms with van der Waals surface area (Å²) >= 11 is 1.57. The van der Waals surface area contributed by atoms with Crippen LogP contribution in [0.25, 0.3) is 10.8 Å². The molecule has 2 rings (SSSR count). The van der Waals surface area contributed by atoms with Crippen LogP contribution in [0, 0.1) is 6.92 Å². The summed E-state index contributed by atoms with van der Waals surface area (Å²) in [7, 11) is 0. The summed E-state index contributed by atoms with van der Waals surface area (Å²) in [6.07, 6.45) is 0.955. The first-order chi connectivity index (χ1) is 7.61. The van der Waals surface area contributed by atoms with Gasteiger partial charge in [0.05, 0.1) is 10.6 Å². The van der Waals surface area contributed by atoms with Crippen molar-refractivity contribution >= 4 is 17.3 Å². The molecule has 0 saturated carbocycles. The lowest BCUT2D eigenvalue weighted by atomic mass is 10.3. The van der Waals surface area contributed by atoms with Crippen molar-refractivity contribution in [1.29, 1.82) is 0 Å². The Hall–Kier alpha value is -1.62. The highest BCUT2D eigenvalue weighted by molar-refractivity contribution is 7.15. The van der Waals surface area contributed by atoms with Crippen LogP contribution in [-0.4, -0.2) is 16.1 Å². The summed E-state index contributed by atoms with van der Waals surface area (Å²) < 4.78 is 5.22. The van der Waals surface area contributed by atoms with Crippen LogP contribution in [0.1, 0.15) is 28.0 Å². The lowest BCUT2D eigenvalue weighted by Crippen LogP contribution is -1.95. The first kappa shape index (κ1) is 10.9. The zero-order chi connectivity index (χ0) is 11.7. The van der Waals surface area contributed by atoms with E-state index in [1.54, 1.807) is 18.3 Å². The van der Waals surface area contributed by atoms with Gasteiger partial charge in [-0.05, 0) is 25.5 Å². The second-order valence-corrected chi connectivity index (χ2v) is 4.53. The largest absolute Gasteiger partial charge is 0.475 e. The van der Waals surface area contributed by atoms with Crippen molar-refractivity contribution in [3.63, 3.8) is 0 Å². The van der Waals surface area contributed by atoms with Crippen molar-refractivity contribution in [2.75, 3.05) is 0 Å². The molecule has 4 nitrogen and oxygen atoms in total. The van der Waals surface area contributed by atoms with E-state index in [0.29, 0.717) is 11.6 Å². The van der Waals surface area contributed by atoms with Crippen LogP contribution in [0.5, 0.6) is 0 Å². The fraction of sp³-hybridized carbons (Fsp3) is 0.273. The predicted octanol–water partition coefficient (Wildman–Crippen LogP) is 2.97. The molecule has 0 aliphatic carbocycles. The van der Waals surface area contributed by atoms with E-state index < -0.39 is 5.97 Å². The number of thiophene rings is 1. The molecule has 0 aliphatic heterocycles. The number of oxazole rings is 1. The minimum Gasteiger partial charge on any atom is -0.475 e. The summed E-state index contributed by atoms with van der Waals surface area (Å²) in [5.41, 5.74) is 0.411. The monoisotopic (exact) mass is 237 g/mol. The van der Waals surface area contributed by atoms with Crippen LogP contribution in [0.15, 0.2) is 16.5 Å². The molecule has 0 saturated heterocycles. The number of rotatable bonds is 3.